The van der Waals surface area contributed by atoms with Crippen LogP contribution in [-0.4, -0.2) is 51.9 Å². The lowest BCUT2D eigenvalue weighted by molar-refractivity contribution is -0.117. The summed E-state index contributed by atoms with van der Waals surface area (Å²) in [6.45, 7) is 3.35. The van der Waals surface area contributed by atoms with Crippen molar-refractivity contribution in [3.63, 3.8) is 0 Å². The van der Waals surface area contributed by atoms with E-state index in [1.165, 1.54) is 57.5 Å². The van der Waals surface area contributed by atoms with Gasteiger partial charge in [0.25, 0.3) is 0 Å². The summed E-state index contributed by atoms with van der Waals surface area (Å²) in [5.74, 6) is 0.782. The molecule has 6 nitrogen and oxygen atoms in total. The number of carbonyl (C=O) groups is 1. The molecule has 0 spiro atoms. The lowest BCUT2D eigenvalue weighted by Crippen LogP contribution is -2.45. The van der Waals surface area contributed by atoms with Gasteiger partial charge in [-0.1, -0.05) is 25.0 Å². The van der Waals surface area contributed by atoms with Gasteiger partial charge in [0.15, 0.2) is 0 Å². The van der Waals surface area contributed by atoms with Gasteiger partial charge >= 0.3 is 0 Å². The molecule has 2 aliphatic rings. The summed E-state index contributed by atoms with van der Waals surface area (Å²) in [5, 5.41) is 3.09. The van der Waals surface area contributed by atoms with Crippen molar-refractivity contribution in [2.45, 2.75) is 49.5 Å². The number of benzene rings is 1. The number of likely N-dealkylation sites (tertiary alicyclic amines) is 1. The van der Waals surface area contributed by atoms with Gasteiger partial charge < -0.3 is 10.2 Å². The smallest absolute Gasteiger partial charge is 0.244 e. The molecule has 1 heterocycles. The normalized spacial score (nSPS) is 20.0. The number of amides is 1. The fourth-order valence-corrected chi connectivity index (χ4v) is 4.85. The summed E-state index contributed by atoms with van der Waals surface area (Å²) in [6.07, 6.45) is 10.8. The fraction of sp³-hybridized carbons (Fsp3) is 0.571. The van der Waals surface area contributed by atoms with Gasteiger partial charge in [-0.05, 0) is 62.4 Å². The molecule has 2 N–H and O–H groups in total. The van der Waals surface area contributed by atoms with E-state index in [9.17, 15) is 13.2 Å². The average molecular weight is 406 g/mol. The van der Waals surface area contributed by atoms with Crippen LogP contribution in [0.25, 0.3) is 6.08 Å². The predicted molar refractivity (Wildman–Crippen MR) is 111 cm³/mol. The zero-order valence-corrected chi connectivity index (χ0v) is 17.4. The molecular weight excluding hydrogens is 374 g/mol. The molecule has 0 unspecified atom stereocenters. The Morgan fingerprint density at radius 3 is 2.36 bits per heavy atom. The minimum Gasteiger partial charge on any atom is -0.350 e. The highest BCUT2D eigenvalue weighted by Gasteiger charge is 2.23. The van der Waals surface area contributed by atoms with Crippen LogP contribution in [0, 0.1) is 5.92 Å². The maximum absolute atomic E-state index is 12.2. The SMILES string of the molecule is CNS(=O)(=O)c1ccc(/C=C/C(=O)NC2CCN(CC3CCCC3)CC2)cc1. The van der Waals surface area contributed by atoms with Gasteiger partial charge in [-0.15, -0.1) is 0 Å². The topological polar surface area (TPSA) is 78.5 Å². The second-order valence-corrected chi connectivity index (χ2v) is 9.73. The Labute approximate surface area is 168 Å². The van der Waals surface area contributed by atoms with Crippen LogP contribution in [0.2, 0.25) is 0 Å². The molecule has 1 aliphatic heterocycles. The first-order chi connectivity index (χ1) is 13.5. The van der Waals surface area contributed by atoms with Gasteiger partial charge in [0.2, 0.25) is 15.9 Å². The van der Waals surface area contributed by atoms with E-state index in [0.29, 0.717) is 0 Å². The quantitative estimate of drug-likeness (QED) is 0.683. The summed E-state index contributed by atoms with van der Waals surface area (Å²) < 4.78 is 25.7. The maximum atomic E-state index is 12.2. The third kappa shape index (κ3) is 5.90. The zero-order chi connectivity index (χ0) is 20.0. The van der Waals surface area contributed by atoms with E-state index in [4.69, 9.17) is 0 Å². The van der Waals surface area contributed by atoms with Gasteiger partial charge in [-0.2, -0.15) is 0 Å². The Morgan fingerprint density at radius 1 is 1.11 bits per heavy atom. The van der Waals surface area contributed by atoms with Crippen LogP contribution in [0.5, 0.6) is 0 Å². The molecule has 0 bridgehead atoms. The third-order valence-corrected chi connectivity index (χ3v) is 7.24. The number of hydrogen-bond acceptors (Lipinski definition) is 4. The molecule has 1 aliphatic carbocycles. The van der Waals surface area contributed by atoms with E-state index in [1.807, 2.05) is 0 Å². The molecular formula is C21H31N3O3S. The molecule has 1 aromatic carbocycles. The summed E-state index contributed by atoms with van der Waals surface area (Å²) in [7, 11) is -2.05. The molecule has 1 aromatic rings. The first-order valence-electron chi connectivity index (χ1n) is 10.2. The largest absolute Gasteiger partial charge is 0.350 e. The number of carbonyl (C=O) groups excluding carboxylic acids is 1. The average Bonchev–Trinajstić information content (AvgIpc) is 3.21. The minimum atomic E-state index is -3.44. The van der Waals surface area contributed by atoms with Crippen molar-refractivity contribution in [2.75, 3.05) is 26.7 Å². The highest BCUT2D eigenvalue weighted by Crippen LogP contribution is 2.26. The monoisotopic (exact) mass is 405 g/mol. The molecule has 1 amide bonds. The van der Waals surface area contributed by atoms with Crippen LogP contribution in [0.1, 0.15) is 44.1 Å². The van der Waals surface area contributed by atoms with Gasteiger partial charge in [-0.3, -0.25) is 4.79 Å². The molecule has 7 heteroatoms. The van der Waals surface area contributed by atoms with E-state index in [1.54, 1.807) is 18.2 Å². The number of piperidine rings is 1. The number of nitrogens with one attached hydrogen (secondary N) is 2. The molecule has 0 aromatic heterocycles. The highest BCUT2D eigenvalue weighted by molar-refractivity contribution is 7.89. The van der Waals surface area contributed by atoms with Crippen molar-refractivity contribution in [3.8, 4) is 0 Å². The number of hydrogen-bond donors (Lipinski definition) is 2. The Hall–Kier alpha value is -1.70. The van der Waals surface area contributed by atoms with Crippen LogP contribution in [0.3, 0.4) is 0 Å². The van der Waals surface area contributed by atoms with E-state index in [0.717, 1.165) is 37.4 Å². The van der Waals surface area contributed by atoms with E-state index < -0.39 is 10.0 Å². The van der Waals surface area contributed by atoms with Crippen molar-refractivity contribution in [1.29, 1.82) is 0 Å². The third-order valence-electron chi connectivity index (χ3n) is 5.81. The van der Waals surface area contributed by atoms with E-state index in [2.05, 4.69) is 14.9 Å². The minimum absolute atomic E-state index is 0.0961. The standard InChI is InChI=1S/C21H31N3O3S/c1-22-28(26,27)20-9-6-17(7-10-20)8-11-21(25)23-19-12-14-24(15-13-19)16-18-4-2-3-5-18/h6-11,18-19,22H,2-5,12-16H2,1H3,(H,23,25)/b11-8+. The van der Waals surface area contributed by atoms with Crippen LogP contribution in [-0.2, 0) is 14.8 Å². The Morgan fingerprint density at radius 2 is 1.75 bits per heavy atom. The molecule has 0 radical (unpaired) electrons. The second-order valence-electron chi connectivity index (χ2n) is 7.84. The van der Waals surface area contributed by atoms with Crippen LogP contribution >= 0.6 is 0 Å². The van der Waals surface area contributed by atoms with Crippen LogP contribution in [0.4, 0.5) is 0 Å². The Kier molecular flexibility index (Phi) is 7.26. The second kappa shape index (κ2) is 9.67. The molecule has 28 heavy (non-hydrogen) atoms. The van der Waals surface area contributed by atoms with Crippen LogP contribution in [0.15, 0.2) is 35.2 Å². The van der Waals surface area contributed by atoms with Gasteiger partial charge in [0, 0.05) is 31.8 Å². The Bertz CT molecular complexity index is 776. The first kappa shape index (κ1) is 21.0. The maximum Gasteiger partial charge on any atom is 0.244 e. The zero-order valence-electron chi connectivity index (χ0n) is 16.6. The van der Waals surface area contributed by atoms with Crippen molar-refractivity contribution in [3.05, 3.63) is 35.9 Å². The van der Waals surface area contributed by atoms with Crippen molar-refractivity contribution >= 4 is 22.0 Å². The summed E-state index contributed by atoms with van der Waals surface area (Å²) in [4.78, 5) is 15.0. The molecule has 0 atom stereocenters. The van der Waals surface area contributed by atoms with Gasteiger partial charge in [-0.25, -0.2) is 13.1 Å². The van der Waals surface area contributed by atoms with Gasteiger partial charge in [0.1, 0.15) is 0 Å². The molecule has 1 saturated carbocycles. The first-order valence-corrected chi connectivity index (χ1v) is 11.7. The molecule has 3 rings (SSSR count). The number of sulfonamides is 1. The van der Waals surface area contributed by atoms with Crippen molar-refractivity contribution in [1.82, 2.24) is 14.9 Å². The van der Waals surface area contributed by atoms with E-state index in [-0.39, 0.29) is 16.8 Å². The molecule has 154 valence electrons. The molecule has 2 fully saturated rings. The Balaban J connectivity index is 1.43. The number of nitrogens with zero attached hydrogens (tertiary/aromatic N) is 1. The van der Waals surface area contributed by atoms with E-state index >= 15 is 0 Å². The fourth-order valence-electron chi connectivity index (χ4n) is 4.12. The lowest BCUT2D eigenvalue weighted by atomic mass is 10.0. The predicted octanol–water partition coefficient (Wildman–Crippen LogP) is 2.38. The van der Waals surface area contributed by atoms with Crippen LogP contribution < -0.4 is 10.0 Å². The summed E-state index contributed by atoms with van der Waals surface area (Å²) in [5.41, 5.74) is 0.789. The highest BCUT2D eigenvalue weighted by atomic mass is 32.2. The van der Waals surface area contributed by atoms with Crippen molar-refractivity contribution < 1.29 is 13.2 Å². The lowest BCUT2D eigenvalue weighted by Gasteiger charge is -2.33. The number of rotatable bonds is 7. The summed E-state index contributed by atoms with van der Waals surface area (Å²) >= 11 is 0. The summed E-state index contributed by atoms with van der Waals surface area (Å²) in [6, 6.07) is 6.68. The van der Waals surface area contributed by atoms with Crippen molar-refractivity contribution in [2.24, 2.45) is 5.92 Å². The van der Waals surface area contributed by atoms with Gasteiger partial charge in [0.05, 0.1) is 4.90 Å². The molecule has 1 saturated heterocycles.